The Hall–Kier alpha value is -3.15. The summed E-state index contributed by atoms with van der Waals surface area (Å²) < 4.78 is 0. The van der Waals surface area contributed by atoms with Crippen LogP contribution in [-0.2, 0) is 14.4 Å². The largest absolute Gasteiger partial charge is 0.326 e. The molecule has 1 heterocycles. The first-order valence-corrected chi connectivity index (χ1v) is 8.89. The van der Waals surface area contributed by atoms with E-state index in [2.05, 4.69) is 10.6 Å². The van der Waals surface area contributed by atoms with Crippen LogP contribution in [0.25, 0.3) is 0 Å². The molecule has 1 aliphatic heterocycles. The summed E-state index contributed by atoms with van der Waals surface area (Å²) in [6.45, 7) is 5.82. The zero-order chi connectivity index (χ0) is 19.6. The van der Waals surface area contributed by atoms with E-state index in [1.54, 1.807) is 29.2 Å². The maximum atomic E-state index is 12.6. The molecule has 0 spiro atoms. The summed E-state index contributed by atoms with van der Waals surface area (Å²) in [5.41, 5.74) is 4.30. The van der Waals surface area contributed by atoms with Crippen LogP contribution in [0.15, 0.2) is 42.5 Å². The van der Waals surface area contributed by atoms with Crippen molar-refractivity contribution < 1.29 is 14.4 Å². The van der Waals surface area contributed by atoms with Crippen molar-refractivity contribution in [3.05, 3.63) is 53.6 Å². The Kier molecular flexibility index (Phi) is 5.26. The quantitative estimate of drug-likeness (QED) is 0.873. The van der Waals surface area contributed by atoms with Crippen LogP contribution >= 0.6 is 0 Å². The third kappa shape index (κ3) is 4.34. The lowest BCUT2D eigenvalue weighted by Crippen LogP contribution is -2.28. The van der Waals surface area contributed by atoms with Gasteiger partial charge in [-0.3, -0.25) is 14.4 Å². The molecule has 0 radical (unpaired) electrons. The van der Waals surface area contributed by atoms with Crippen LogP contribution in [0.1, 0.15) is 24.5 Å². The second kappa shape index (κ2) is 7.61. The molecule has 1 fully saturated rings. The van der Waals surface area contributed by atoms with Crippen LogP contribution in [0.3, 0.4) is 0 Å². The smallest absolute Gasteiger partial charge is 0.229 e. The van der Waals surface area contributed by atoms with Crippen molar-refractivity contribution >= 4 is 34.8 Å². The van der Waals surface area contributed by atoms with E-state index in [0.717, 1.165) is 11.3 Å². The Balaban J connectivity index is 1.69. The van der Waals surface area contributed by atoms with E-state index < -0.39 is 5.92 Å². The fourth-order valence-corrected chi connectivity index (χ4v) is 3.15. The molecule has 0 bridgehead atoms. The summed E-state index contributed by atoms with van der Waals surface area (Å²) in [6.07, 6.45) is 0.185. The molecule has 1 atom stereocenters. The van der Waals surface area contributed by atoms with Gasteiger partial charge in [0.1, 0.15) is 0 Å². The Morgan fingerprint density at radius 3 is 2.37 bits per heavy atom. The van der Waals surface area contributed by atoms with Crippen molar-refractivity contribution in [3.8, 4) is 0 Å². The topological polar surface area (TPSA) is 78.5 Å². The maximum Gasteiger partial charge on any atom is 0.229 e. The standard InChI is InChI=1S/C21H23N3O3/c1-13-7-8-19(9-14(13)2)24-12-16(10-20(24)26)21(27)23-18-6-4-5-17(11-18)22-15(3)25/h4-9,11,16H,10,12H2,1-3H3,(H,22,25)(H,23,27). The molecule has 2 aromatic rings. The summed E-state index contributed by atoms with van der Waals surface area (Å²) in [4.78, 5) is 37.9. The number of hydrogen-bond acceptors (Lipinski definition) is 3. The van der Waals surface area contributed by atoms with Gasteiger partial charge in [0, 0.05) is 37.0 Å². The van der Waals surface area contributed by atoms with Gasteiger partial charge in [-0.05, 0) is 55.3 Å². The number of hydrogen-bond donors (Lipinski definition) is 2. The number of nitrogens with one attached hydrogen (secondary N) is 2. The minimum absolute atomic E-state index is 0.0506. The molecule has 1 unspecified atom stereocenters. The molecule has 2 N–H and O–H groups in total. The summed E-state index contributed by atoms with van der Waals surface area (Å²) in [5, 5.41) is 5.52. The second-order valence-electron chi connectivity index (χ2n) is 6.93. The molecule has 140 valence electrons. The van der Waals surface area contributed by atoms with Crippen molar-refractivity contribution in [1.29, 1.82) is 0 Å². The number of benzene rings is 2. The summed E-state index contributed by atoms with van der Waals surface area (Å²) in [6, 6.07) is 12.8. The Labute approximate surface area is 158 Å². The van der Waals surface area contributed by atoms with Gasteiger partial charge in [-0.25, -0.2) is 0 Å². The number of anilines is 3. The summed E-state index contributed by atoms with van der Waals surface area (Å²) in [5.74, 6) is -0.840. The van der Waals surface area contributed by atoms with Gasteiger partial charge in [-0.15, -0.1) is 0 Å². The lowest BCUT2D eigenvalue weighted by atomic mass is 10.1. The van der Waals surface area contributed by atoms with Crippen LogP contribution in [-0.4, -0.2) is 24.3 Å². The van der Waals surface area contributed by atoms with Crippen molar-refractivity contribution in [2.75, 3.05) is 22.1 Å². The number of nitrogens with zero attached hydrogens (tertiary/aromatic N) is 1. The summed E-state index contributed by atoms with van der Waals surface area (Å²) in [7, 11) is 0. The van der Waals surface area contributed by atoms with E-state index in [0.29, 0.717) is 17.9 Å². The monoisotopic (exact) mass is 365 g/mol. The van der Waals surface area contributed by atoms with Crippen molar-refractivity contribution in [2.24, 2.45) is 5.92 Å². The lowest BCUT2D eigenvalue weighted by molar-refractivity contribution is -0.122. The van der Waals surface area contributed by atoms with Gasteiger partial charge in [0.15, 0.2) is 0 Å². The van der Waals surface area contributed by atoms with Crippen molar-refractivity contribution in [1.82, 2.24) is 0 Å². The van der Waals surface area contributed by atoms with Gasteiger partial charge in [-0.2, -0.15) is 0 Å². The molecule has 6 nitrogen and oxygen atoms in total. The predicted octanol–water partition coefficient (Wildman–Crippen LogP) is 3.25. The van der Waals surface area contributed by atoms with Gasteiger partial charge in [-0.1, -0.05) is 12.1 Å². The zero-order valence-corrected chi connectivity index (χ0v) is 15.7. The number of carbonyl (C=O) groups excluding carboxylic acids is 3. The number of aryl methyl sites for hydroxylation is 2. The second-order valence-corrected chi connectivity index (χ2v) is 6.93. The van der Waals surface area contributed by atoms with Gasteiger partial charge >= 0.3 is 0 Å². The average molecular weight is 365 g/mol. The molecular formula is C21H23N3O3. The predicted molar refractivity (Wildman–Crippen MR) is 106 cm³/mol. The van der Waals surface area contributed by atoms with E-state index in [1.807, 2.05) is 32.0 Å². The minimum atomic E-state index is -0.413. The highest BCUT2D eigenvalue weighted by molar-refractivity contribution is 6.03. The van der Waals surface area contributed by atoms with Gasteiger partial charge in [0.2, 0.25) is 17.7 Å². The Morgan fingerprint density at radius 2 is 1.70 bits per heavy atom. The first kappa shape index (κ1) is 18.6. The van der Waals surface area contributed by atoms with Crippen molar-refractivity contribution in [3.63, 3.8) is 0 Å². The molecule has 0 saturated carbocycles. The first-order chi connectivity index (χ1) is 12.8. The Morgan fingerprint density at radius 1 is 1.00 bits per heavy atom. The number of amides is 3. The van der Waals surface area contributed by atoms with Crippen LogP contribution in [0.2, 0.25) is 0 Å². The highest BCUT2D eigenvalue weighted by atomic mass is 16.2. The molecule has 0 aromatic heterocycles. The molecule has 0 aliphatic carbocycles. The SMILES string of the molecule is CC(=O)Nc1cccc(NC(=O)C2CC(=O)N(c3ccc(C)c(C)c3)C2)c1. The zero-order valence-electron chi connectivity index (χ0n) is 15.7. The molecule has 6 heteroatoms. The van der Waals surface area contributed by atoms with Crippen LogP contribution in [0, 0.1) is 19.8 Å². The van der Waals surface area contributed by atoms with Crippen molar-refractivity contribution in [2.45, 2.75) is 27.2 Å². The van der Waals surface area contributed by atoms with E-state index in [-0.39, 0.29) is 24.1 Å². The Bertz CT molecular complexity index is 907. The van der Waals surface area contributed by atoms with E-state index in [9.17, 15) is 14.4 Å². The molecule has 1 saturated heterocycles. The highest BCUT2D eigenvalue weighted by Gasteiger charge is 2.35. The summed E-state index contributed by atoms with van der Waals surface area (Å²) >= 11 is 0. The van der Waals surface area contributed by atoms with Gasteiger partial charge < -0.3 is 15.5 Å². The minimum Gasteiger partial charge on any atom is -0.326 e. The number of carbonyl (C=O) groups is 3. The molecule has 3 amide bonds. The van der Waals surface area contributed by atoms with Crippen LogP contribution < -0.4 is 15.5 Å². The lowest BCUT2D eigenvalue weighted by Gasteiger charge is -2.18. The average Bonchev–Trinajstić information content (AvgIpc) is 2.99. The van der Waals surface area contributed by atoms with E-state index in [1.165, 1.54) is 12.5 Å². The van der Waals surface area contributed by atoms with Gasteiger partial charge in [0.05, 0.1) is 5.92 Å². The third-order valence-electron chi connectivity index (χ3n) is 4.75. The van der Waals surface area contributed by atoms with Crippen LogP contribution in [0.5, 0.6) is 0 Å². The van der Waals surface area contributed by atoms with Gasteiger partial charge in [0.25, 0.3) is 0 Å². The normalized spacial score (nSPS) is 16.3. The first-order valence-electron chi connectivity index (χ1n) is 8.89. The third-order valence-corrected chi connectivity index (χ3v) is 4.75. The number of rotatable bonds is 4. The molecule has 1 aliphatic rings. The van der Waals surface area contributed by atoms with Crippen LogP contribution in [0.4, 0.5) is 17.1 Å². The highest BCUT2D eigenvalue weighted by Crippen LogP contribution is 2.28. The maximum absolute atomic E-state index is 12.6. The molecule has 3 rings (SSSR count). The fourth-order valence-electron chi connectivity index (χ4n) is 3.15. The van der Waals surface area contributed by atoms with E-state index in [4.69, 9.17) is 0 Å². The van der Waals surface area contributed by atoms with E-state index >= 15 is 0 Å². The molecule has 2 aromatic carbocycles. The fraction of sp³-hybridized carbons (Fsp3) is 0.286. The molecule has 27 heavy (non-hydrogen) atoms. The molecular weight excluding hydrogens is 342 g/mol.